The van der Waals surface area contributed by atoms with Crippen LogP contribution < -0.4 is 10.6 Å². The van der Waals surface area contributed by atoms with Gasteiger partial charge in [0.25, 0.3) is 0 Å². The number of benzene rings is 1. The fourth-order valence-electron chi connectivity index (χ4n) is 3.79. The van der Waals surface area contributed by atoms with Gasteiger partial charge in [-0.25, -0.2) is 9.97 Å². The van der Waals surface area contributed by atoms with E-state index in [0.717, 1.165) is 50.9 Å². The van der Waals surface area contributed by atoms with Gasteiger partial charge in [0.15, 0.2) is 0 Å². The van der Waals surface area contributed by atoms with E-state index in [2.05, 4.69) is 44.9 Å². The minimum absolute atomic E-state index is 0.402. The first-order valence-electron chi connectivity index (χ1n) is 9.71. The average Bonchev–Trinajstić information content (AvgIpc) is 3.15. The first-order valence-corrected chi connectivity index (χ1v) is 9.71. The molecule has 1 fully saturated rings. The van der Waals surface area contributed by atoms with Gasteiger partial charge in [0, 0.05) is 55.7 Å². The molecule has 0 saturated carbocycles. The molecular weight excluding hydrogens is 338 g/mol. The minimum atomic E-state index is -0.409. The van der Waals surface area contributed by atoms with Crippen molar-refractivity contribution in [2.24, 2.45) is 5.73 Å². The molecule has 2 aliphatic rings. The van der Waals surface area contributed by atoms with Crippen LogP contribution >= 0.6 is 0 Å². The lowest BCUT2D eigenvalue weighted by molar-refractivity contribution is 0.134. The predicted molar refractivity (Wildman–Crippen MR) is 106 cm³/mol. The maximum Gasteiger partial charge on any atom is 0.225 e. The van der Waals surface area contributed by atoms with Crippen LogP contribution in [0.2, 0.25) is 0 Å². The maximum atomic E-state index is 6.12. The summed E-state index contributed by atoms with van der Waals surface area (Å²) >= 11 is 0. The molecule has 2 N–H and O–H groups in total. The molecule has 144 valence electrons. The van der Waals surface area contributed by atoms with Gasteiger partial charge in [-0.2, -0.15) is 0 Å². The molecule has 1 aromatic carbocycles. The van der Waals surface area contributed by atoms with Gasteiger partial charge >= 0.3 is 0 Å². The number of hydrogen-bond acceptors (Lipinski definition) is 6. The normalized spacial score (nSPS) is 19.2. The van der Waals surface area contributed by atoms with Crippen molar-refractivity contribution < 1.29 is 4.74 Å². The molecule has 2 aliphatic heterocycles. The zero-order chi connectivity index (χ0) is 19.0. The molecule has 0 amide bonds. The lowest BCUT2D eigenvalue weighted by Gasteiger charge is -2.38. The van der Waals surface area contributed by atoms with Crippen LogP contribution in [0.5, 0.6) is 0 Å². The number of anilines is 1. The number of nitrogens with zero attached hydrogens (tertiary/aromatic N) is 4. The molecule has 3 heterocycles. The highest BCUT2D eigenvalue weighted by Crippen LogP contribution is 2.28. The fourth-order valence-corrected chi connectivity index (χ4v) is 3.79. The summed E-state index contributed by atoms with van der Waals surface area (Å²) in [7, 11) is 0. The van der Waals surface area contributed by atoms with E-state index in [1.54, 1.807) is 0 Å². The molecule has 0 spiro atoms. The minimum Gasteiger partial charge on any atom is -0.372 e. The second kappa shape index (κ2) is 7.19. The van der Waals surface area contributed by atoms with Crippen LogP contribution in [0.25, 0.3) is 0 Å². The van der Waals surface area contributed by atoms with Crippen molar-refractivity contribution in [3.63, 3.8) is 0 Å². The Morgan fingerprint density at radius 1 is 1.04 bits per heavy atom. The summed E-state index contributed by atoms with van der Waals surface area (Å²) in [6, 6.07) is 7.19. The molecule has 1 saturated heterocycles. The quantitative estimate of drug-likeness (QED) is 0.896. The highest BCUT2D eigenvalue weighted by atomic mass is 16.5. The van der Waals surface area contributed by atoms with Gasteiger partial charge in [-0.05, 0) is 37.5 Å². The van der Waals surface area contributed by atoms with Gasteiger partial charge < -0.3 is 15.4 Å². The molecule has 1 aromatic heterocycles. The van der Waals surface area contributed by atoms with Crippen molar-refractivity contribution in [2.45, 2.75) is 45.6 Å². The molecule has 0 aliphatic carbocycles. The smallest absolute Gasteiger partial charge is 0.225 e. The zero-order valence-corrected chi connectivity index (χ0v) is 16.5. The Labute approximate surface area is 161 Å². The number of rotatable bonds is 4. The van der Waals surface area contributed by atoms with Crippen molar-refractivity contribution in [2.75, 3.05) is 31.1 Å². The van der Waals surface area contributed by atoms with E-state index < -0.39 is 5.54 Å². The van der Waals surface area contributed by atoms with Gasteiger partial charge in [0.05, 0.1) is 13.2 Å². The van der Waals surface area contributed by atoms with Crippen molar-refractivity contribution in [1.82, 2.24) is 14.9 Å². The van der Waals surface area contributed by atoms with Crippen molar-refractivity contribution in [1.29, 1.82) is 0 Å². The number of hydrogen-bond donors (Lipinski definition) is 1. The SMILES string of the molecule is CC(c1ccc2c(c1)COC2)N1CCN(c2ncc(C(C)(C)N)cn2)CC1. The Morgan fingerprint density at radius 3 is 2.37 bits per heavy atom. The second-order valence-corrected chi connectivity index (χ2v) is 8.21. The molecule has 6 nitrogen and oxygen atoms in total. The Morgan fingerprint density at radius 2 is 1.70 bits per heavy atom. The predicted octanol–water partition coefficient (Wildman–Crippen LogP) is 2.58. The summed E-state index contributed by atoms with van der Waals surface area (Å²) in [4.78, 5) is 13.9. The molecule has 27 heavy (non-hydrogen) atoms. The van der Waals surface area contributed by atoms with Crippen LogP contribution in [0.4, 0.5) is 5.95 Å². The summed E-state index contributed by atoms with van der Waals surface area (Å²) in [6.07, 6.45) is 3.70. The highest BCUT2D eigenvalue weighted by molar-refractivity contribution is 5.35. The van der Waals surface area contributed by atoms with Gasteiger partial charge in [-0.1, -0.05) is 18.2 Å². The van der Waals surface area contributed by atoms with Crippen LogP contribution in [-0.4, -0.2) is 41.0 Å². The van der Waals surface area contributed by atoms with Crippen molar-refractivity contribution >= 4 is 5.95 Å². The highest BCUT2D eigenvalue weighted by Gasteiger charge is 2.25. The van der Waals surface area contributed by atoms with Gasteiger partial charge in [0.2, 0.25) is 5.95 Å². The Bertz CT molecular complexity index is 791. The number of nitrogens with two attached hydrogens (primary N) is 1. The van der Waals surface area contributed by atoms with E-state index in [1.165, 1.54) is 16.7 Å². The van der Waals surface area contributed by atoms with E-state index in [0.29, 0.717) is 6.04 Å². The van der Waals surface area contributed by atoms with E-state index in [9.17, 15) is 0 Å². The summed E-state index contributed by atoms with van der Waals surface area (Å²) in [6.45, 7) is 11.6. The van der Waals surface area contributed by atoms with Crippen LogP contribution in [0.1, 0.15) is 49.1 Å². The standard InChI is InChI=1S/C21H29N5O/c1-15(16-4-5-17-13-27-14-18(17)10-16)25-6-8-26(9-7-25)20-23-11-19(12-24-20)21(2,3)22/h4-5,10-12,15H,6-9,13-14,22H2,1-3H3. The maximum absolute atomic E-state index is 6.12. The van der Waals surface area contributed by atoms with Crippen LogP contribution in [0, 0.1) is 0 Å². The molecule has 0 bridgehead atoms. The molecular formula is C21H29N5O. The molecule has 4 rings (SSSR count). The zero-order valence-electron chi connectivity index (χ0n) is 16.5. The van der Waals surface area contributed by atoms with E-state index >= 15 is 0 Å². The number of aromatic nitrogens is 2. The van der Waals surface area contributed by atoms with Crippen LogP contribution in [-0.2, 0) is 23.5 Å². The van der Waals surface area contributed by atoms with E-state index in [1.807, 2.05) is 26.2 Å². The number of ether oxygens (including phenoxy) is 1. The molecule has 0 radical (unpaired) electrons. The molecule has 2 aromatic rings. The van der Waals surface area contributed by atoms with Gasteiger partial charge in [-0.15, -0.1) is 0 Å². The fraction of sp³-hybridized carbons (Fsp3) is 0.524. The Kier molecular flexibility index (Phi) is 4.88. The Hall–Kier alpha value is -2.02. The van der Waals surface area contributed by atoms with Gasteiger partial charge in [0.1, 0.15) is 0 Å². The van der Waals surface area contributed by atoms with E-state index in [4.69, 9.17) is 10.5 Å². The monoisotopic (exact) mass is 367 g/mol. The third kappa shape index (κ3) is 3.83. The first-order chi connectivity index (χ1) is 12.9. The van der Waals surface area contributed by atoms with Crippen molar-refractivity contribution in [3.8, 4) is 0 Å². The third-order valence-electron chi connectivity index (χ3n) is 5.75. The lowest BCUT2D eigenvalue weighted by Crippen LogP contribution is -2.47. The number of fused-ring (bicyclic) bond motifs is 1. The van der Waals surface area contributed by atoms with Crippen LogP contribution in [0.15, 0.2) is 30.6 Å². The largest absolute Gasteiger partial charge is 0.372 e. The lowest BCUT2D eigenvalue weighted by atomic mass is 9.99. The van der Waals surface area contributed by atoms with Gasteiger partial charge in [-0.3, -0.25) is 4.90 Å². The summed E-state index contributed by atoms with van der Waals surface area (Å²) < 4.78 is 5.55. The number of piperazine rings is 1. The summed E-state index contributed by atoms with van der Waals surface area (Å²) in [5.41, 5.74) is 10.7. The average molecular weight is 367 g/mol. The molecule has 1 atom stereocenters. The van der Waals surface area contributed by atoms with Crippen LogP contribution in [0.3, 0.4) is 0 Å². The van der Waals surface area contributed by atoms with E-state index in [-0.39, 0.29) is 0 Å². The molecule has 6 heteroatoms. The second-order valence-electron chi connectivity index (χ2n) is 8.21. The topological polar surface area (TPSA) is 67.5 Å². The first kappa shape index (κ1) is 18.3. The summed E-state index contributed by atoms with van der Waals surface area (Å²) in [5.74, 6) is 0.796. The van der Waals surface area contributed by atoms with Crippen molar-refractivity contribution in [3.05, 3.63) is 52.8 Å². The summed E-state index contributed by atoms with van der Waals surface area (Å²) in [5, 5.41) is 0. The Balaban J connectivity index is 1.38. The third-order valence-corrected chi connectivity index (χ3v) is 5.75. The molecule has 1 unspecified atom stereocenters.